The zero-order valence-corrected chi connectivity index (χ0v) is 21.2. The molecule has 1 saturated heterocycles. The molecular formula is C30H27ClN4O2. The monoisotopic (exact) mass is 510 g/mol. The van der Waals surface area contributed by atoms with Crippen molar-refractivity contribution in [2.45, 2.75) is 25.4 Å². The molecule has 2 N–H and O–H groups in total. The quantitative estimate of drug-likeness (QED) is 0.302. The van der Waals surface area contributed by atoms with Crippen LogP contribution in [0.4, 0.5) is 11.4 Å². The molecule has 4 aromatic rings. The number of aromatic nitrogens is 1. The van der Waals surface area contributed by atoms with E-state index in [4.69, 9.17) is 11.6 Å². The Morgan fingerprint density at radius 2 is 1.84 bits per heavy atom. The average Bonchev–Trinajstić information content (AvgIpc) is 2.91. The number of pyridine rings is 1. The zero-order valence-electron chi connectivity index (χ0n) is 20.4. The van der Waals surface area contributed by atoms with E-state index in [1.807, 2.05) is 91.9 Å². The van der Waals surface area contributed by atoms with E-state index in [1.165, 1.54) is 0 Å². The molecular weight excluding hydrogens is 484 g/mol. The summed E-state index contributed by atoms with van der Waals surface area (Å²) in [5.74, 6) is -0.307. The first-order chi connectivity index (χ1) is 18.0. The second kappa shape index (κ2) is 10.8. The van der Waals surface area contributed by atoms with Gasteiger partial charge >= 0.3 is 0 Å². The summed E-state index contributed by atoms with van der Waals surface area (Å²) in [4.78, 5) is 32.0. The second-order valence-electron chi connectivity index (χ2n) is 9.05. The number of fused-ring (bicyclic) bond motifs is 1. The van der Waals surface area contributed by atoms with Crippen LogP contribution in [0.1, 0.15) is 17.5 Å². The molecule has 186 valence electrons. The van der Waals surface area contributed by atoms with E-state index in [0.717, 1.165) is 33.4 Å². The standard InChI is InChI=1S/C30H27ClN4O2/c1-20-7-11-23(12-8-20)35-27(14-9-21-5-3-2-4-6-21)29(30(35)37)34-28(36)16-18-32-25-15-17-33-26-19-22(31)10-13-24(25)26/h2-15,17,19,27,29H,16,18H2,1H3,(H,32,33)(H,34,36)/b14-9+. The Hall–Kier alpha value is -4.16. The Kier molecular flexibility index (Phi) is 7.19. The van der Waals surface area contributed by atoms with Crippen LogP contribution >= 0.6 is 11.6 Å². The molecule has 1 aliphatic rings. The molecule has 2 heterocycles. The predicted molar refractivity (Wildman–Crippen MR) is 150 cm³/mol. The van der Waals surface area contributed by atoms with Crippen LogP contribution in [0.15, 0.2) is 91.1 Å². The number of nitrogens with zero attached hydrogens (tertiary/aromatic N) is 2. The number of anilines is 2. The molecule has 0 saturated carbocycles. The summed E-state index contributed by atoms with van der Waals surface area (Å²) in [6, 6.07) is 24.2. The summed E-state index contributed by atoms with van der Waals surface area (Å²) < 4.78 is 0. The summed E-state index contributed by atoms with van der Waals surface area (Å²) in [5.41, 5.74) is 4.63. The van der Waals surface area contributed by atoms with E-state index in [1.54, 1.807) is 17.2 Å². The average molecular weight is 511 g/mol. The molecule has 37 heavy (non-hydrogen) atoms. The highest BCUT2D eigenvalue weighted by Crippen LogP contribution is 2.30. The van der Waals surface area contributed by atoms with E-state index in [-0.39, 0.29) is 24.3 Å². The minimum absolute atomic E-state index is 0.120. The summed E-state index contributed by atoms with van der Waals surface area (Å²) >= 11 is 6.07. The molecule has 1 aliphatic heterocycles. The molecule has 1 fully saturated rings. The van der Waals surface area contributed by atoms with Gasteiger partial charge in [-0.15, -0.1) is 0 Å². The van der Waals surface area contributed by atoms with Crippen LogP contribution in [-0.4, -0.2) is 35.4 Å². The SMILES string of the molecule is Cc1ccc(N2C(=O)C(NC(=O)CCNc3ccnc4cc(Cl)ccc34)C2/C=C/c2ccccc2)cc1. The third-order valence-corrected chi connectivity index (χ3v) is 6.66. The number of hydrogen-bond acceptors (Lipinski definition) is 4. The fraction of sp³-hybridized carbons (Fsp3) is 0.167. The maximum Gasteiger partial charge on any atom is 0.252 e. The van der Waals surface area contributed by atoms with Gasteiger partial charge in [0.2, 0.25) is 5.91 Å². The van der Waals surface area contributed by atoms with Crippen molar-refractivity contribution in [3.8, 4) is 0 Å². The lowest BCUT2D eigenvalue weighted by Crippen LogP contribution is -2.70. The summed E-state index contributed by atoms with van der Waals surface area (Å²) in [6.45, 7) is 2.43. The topological polar surface area (TPSA) is 74.3 Å². The van der Waals surface area contributed by atoms with Crippen molar-refractivity contribution in [3.05, 3.63) is 107 Å². The molecule has 6 nitrogen and oxygen atoms in total. The van der Waals surface area contributed by atoms with Gasteiger partial charge in [0.05, 0.1) is 11.6 Å². The Morgan fingerprint density at radius 1 is 1.05 bits per heavy atom. The Morgan fingerprint density at radius 3 is 2.62 bits per heavy atom. The number of carbonyl (C=O) groups excluding carboxylic acids is 2. The third-order valence-electron chi connectivity index (χ3n) is 6.43. The van der Waals surface area contributed by atoms with Crippen LogP contribution in [0, 0.1) is 6.92 Å². The number of aryl methyl sites for hydroxylation is 1. The minimum Gasteiger partial charge on any atom is -0.384 e. The van der Waals surface area contributed by atoms with Crippen LogP contribution in [0.5, 0.6) is 0 Å². The fourth-order valence-electron chi connectivity index (χ4n) is 4.46. The van der Waals surface area contributed by atoms with Crippen LogP contribution in [0.25, 0.3) is 17.0 Å². The lowest BCUT2D eigenvalue weighted by molar-refractivity contribution is -0.131. The summed E-state index contributed by atoms with van der Waals surface area (Å²) in [6.07, 6.45) is 5.89. The van der Waals surface area contributed by atoms with E-state index in [9.17, 15) is 9.59 Å². The highest BCUT2D eigenvalue weighted by molar-refractivity contribution is 6.31. The van der Waals surface area contributed by atoms with E-state index in [2.05, 4.69) is 15.6 Å². The number of nitrogens with one attached hydrogen (secondary N) is 2. The molecule has 5 rings (SSSR count). The fourth-order valence-corrected chi connectivity index (χ4v) is 4.63. The number of rotatable bonds is 8. The highest BCUT2D eigenvalue weighted by atomic mass is 35.5. The highest BCUT2D eigenvalue weighted by Gasteiger charge is 2.47. The second-order valence-corrected chi connectivity index (χ2v) is 9.48. The molecule has 0 spiro atoms. The molecule has 0 bridgehead atoms. The number of halogens is 1. The lowest BCUT2D eigenvalue weighted by atomic mass is 9.92. The number of amides is 2. The smallest absolute Gasteiger partial charge is 0.252 e. The molecule has 3 aromatic carbocycles. The van der Waals surface area contributed by atoms with E-state index >= 15 is 0 Å². The first-order valence-corrected chi connectivity index (χ1v) is 12.6. The van der Waals surface area contributed by atoms with Crippen molar-refractivity contribution in [3.63, 3.8) is 0 Å². The first kappa shape index (κ1) is 24.5. The molecule has 0 aliphatic carbocycles. The van der Waals surface area contributed by atoms with Crippen molar-refractivity contribution in [2.24, 2.45) is 0 Å². The van der Waals surface area contributed by atoms with Crippen molar-refractivity contribution in [1.29, 1.82) is 0 Å². The maximum atomic E-state index is 13.1. The molecule has 0 radical (unpaired) electrons. The van der Waals surface area contributed by atoms with Gasteiger partial charge in [-0.25, -0.2) is 0 Å². The van der Waals surface area contributed by atoms with Gasteiger partial charge in [0.15, 0.2) is 0 Å². The molecule has 2 amide bonds. The Bertz CT molecular complexity index is 1450. The lowest BCUT2D eigenvalue weighted by Gasteiger charge is -2.46. The van der Waals surface area contributed by atoms with Gasteiger partial charge < -0.3 is 15.5 Å². The van der Waals surface area contributed by atoms with Gasteiger partial charge in [-0.1, -0.05) is 71.8 Å². The molecule has 1 aromatic heterocycles. The van der Waals surface area contributed by atoms with Crippen LogP contribution < -0.4 is 15.5 Å². The van der Waals surface area contributed by atoms with Crippen molar-refractivity contribution < 1.29 is 9.59 Å². The number of β-lactam (4-membered cyclic amide) rings is 1. The summed E-state index contributed by atoms with van der Waals surface area (Å²) in [5, 5.41) is 7.80. The summed E-state index contributed by atoms with van der Waals surface area (Å²) in [7, 11) is 0. The van der Waals surface area contributed by atoms with Gasteiger partial charge in [0.25, 0.3) is 5.91 Å². The van der Waals surface area contributed by atoms with Crippen molar-refractivity contribution >= 4 is 51.8 Å². The van der Waals surface area contributed by atoms with Crippen molar-refractivity contribution in [1.82, 2.24) is 10.3 Å². The Balaban J connectivity index is 1.25. The van der Waals surface area contributed by atoms with Gasteiger partial charge in [-0.2, -0.15) is 0 Å². The molecule has 2 atom stereocenters. The van der Waals surface area contributed by atoms with Gasteiger partial charge in [-0.3, -0.25) is 14.6 Å². The molecule has 7 heteroatoms. The first-order valence-electron chi connectivity index (χ1n) is 12.2. The van der Waals surface area contributed by atoms with Crippen molar-refractivity contribution in [2.75, 3.05) is 16.8 Å². The predicted octanol–water partition coefficient (Wildman–Crippen LogP) is 5.61. The Labute approximate surface area is 221 Å². The van der Waals surface area contributed by atoms with E-state index in [0.29, 0.717) is 11.6 Å². The van der Waals surface area contributed by atoms with Gasteiger partial charge in [0, 0.05) is 40.9 Å². The van der Waals surface area contributed by atoms with Crippen LogP contribution in [0.2, 0.25) is 5.02 Å². The van der Waals surface area contributed by atoms with Gasteiger partial charge in [0.1, 0.15) is 6.04 Å². The molecule has 2 unspecified atom stereocenters. The van der Waals surface area contributed by atoms with Gasteiger partial charge in [-0.05, 0) is 48.9 Å². The number of hydrogen-bond donors (Lipinski definition) is 2. The zero-order chi connectivity index (χ0) is 25.8. The minimum atomic E-state index is -0.613. The van der Waals surface area contributed by atoms with Crippen LogP contribution in [-0.2, 0) is 9.59 Å². The van der Waals surface area contributed by atoms with E-state index < -0.39 is 6.04 Å². The third kappa shape index (κ3) is 5.49. The largest absolute Gasteiger partial charge is 0.384 e. The number of benzene rings is 3. The normalized spacial score (nSPS) is 17.1. The maximum absolute atomic E-state index is 13.1. The van der Waals surface area contributed by atoms with Crippen LogP contribution in [0.3, 0.4) is 0 Å². The number of carbonyl (C=O) groups is 2.